The Kier molecular flexibility index (Phi) is 8.64. The zero-order valence-electron chi connectivity index (χ0n) is 24.9. The number of nitrogens with zero attached hydrogens (tertiary/aromatic N) is 5. The largest absolute Gasteiger partial charge is 0.444 e. The quantitative estimate of drug-likeness (QED) is 0.315. The number of halogens is 2. The van der Waals surface area contributed by atoms with Gasteiger partial charge in [-0.1, -0.05) is 35.3 Å². The molecule has 1 fully saturated rings. The van der Waals surface area contributed by atoms with Crippen LogP contribution in [0.15, 0.2) is 58.1 Å². The van der Waals surface area contributed by atoms with E-state index in [1.165, 1.54) is 11.5 Å². The second-order valence-corrected chi connectivity index (χ2v) is 12.8. The van der Waals surface area contributed by atoms with Crippen LogP contribution >= 0.6 is 23.2 Å². The minimum Gasteiger partial charge on any atom is -0.444 e. The van der Waals surface area contributed by atoms with Crippen molar-refractivity contribution in [1.29, 1.82) is 0 Å². The number of ether oxygens (including phenoxy) is 1. The van der Waals surface area contributed by atoms with Crippen molar-refractivity contribution in [2.24, 2.45) is 11.7 Å². The van der Waals surface area contributed by atoms with Gasteiger partial charge in [0.2, 0.25) is 5.91 Å². The van der Waals surface area contributed by atoms with E-state index in [1.54, 1.807) is 58.0 Å². The fourth-order valence-electron chi connectivity index (χ4n) is 5.39. The molecule has 2 amide bonds. The molecule has 0 bridgehead atoms. The van der Waals surface area contributed by atoms with Crippen LogP contribution in [0.2, 0.25) is 10.0 Å². The summed E-state index contributed by atoms with van der Waals surface area (Å²) < 4.78 is 9.45. The number of carbonyl (C=O) groups is 2. The van der Waals surface area contributed by atoms with Crippen LogP contribution < -0.4 is 17.0 Å². The number of nitrogens with two attached hydrogens (primary N) is 1. The van der Waals surface area contributed by atoms with Crippen molar-refractivity contribution < 1.29 is 14.3 Å². The van der Waals surface area contributed by atoms with Gasteiger partial charge in [-0.2, -0.15) is 0 Å². The number of carbonyl (C=O) groups excluding carboxylic acids is 2. The van der Waals surface area contributed by atoms with Crippen molar-refractivity contribution in [3.8, 4) is 17.1 Å². The Bertz CT molecular complexity index is 1850. The summed E-state index contributed by atoms with van der Waals surface area (Å²) in [5.74, 6) is -0.527. The number of benzene rings is 2. The molecule has 1 atom stereocenters. The predicted octanol–water partition coefficient (Wildman–Crippen LogP) is 5.02. The molecule has 5 rings (SSSR count). The first-order chi connectivity index (χ1) is 20.8. The van der Waals surface area contributed by atoms with Crippen LogP contribution in [0, 0.1) is 5.92 Å². The first-order valence-electron chi connectivity index (χ1n) is 14.3. The summed E-state index contributed by atoms with van der Waals surface area (Å²) in [5, 5.41) is 0.888. The molecule has 4 aromatic rings. The number of imidazole rings is 1. The normalized spacial score (nSPS) is 15.0. The molecule has 0 aliphatic carbocycles. The number of rotatable bonds is 6. The van der Waals surface area contributed by atoms with Gasteiger partial charge < -0.3 is 15.4 Å². The van der Waals surface area contributed by atoms with Crippen molar-refractivity contribution in [3.05, 3.63) is 79.4 Å². The number of fused-ring (bicyclic) bond motifs is 1. The smallest absolute Gasteiger partial charge is 0.410 e. The molecule has 1 unspecified atom stereocenters. The highest BCUT2D eigenvalue weighted by Gasteiger charge is 2.31. The molecule has 1 aliphatic heterocycles. The predicted molar refractivity (Wildman–Crippen MR) is 169 cm³/mol. The first-order valence-corrected chi connectivity index (χ1v) is 15.1. The van der Waals surface area contributed by atoms with Crippen molar-refractivity contribution in [3.63, 3.8) is 0 Å². The van der Waals surface area contributed by atoms with Gasteiger partial charge in [-0.15, -0.1) is 0 Å². The molecule has 0 spiro atoms. The second-order valence-electron chi connectivity index (χ2n) is 12.0. The van der Waals surface area contributed by atoms with Gasteiger partial charge in [0.15, 0.2) is 11.2 Å². The van der Waals surface area contributed by atoms with Crippen LogP contribution in [0.3, 0.4) is 0 Å². The Labute approximate surface area is 263 Å². The van der Waals surface area contributed by atoms with Gasteiger partial charge in [0.1, 0.15) is 17.5 Å². The summed E-state index contributed by atoms with van der Waals surface area (Å²) in [6, 6.07) is 12.7. The zero-order valence-corrected chi connectivity index (χ0v) is 26.4. The number of hydrogen-bond donors (Lipinski definition) is 1. The van der Waals surface area contributed by atoms with E-state index in [0.29, 0.717) is 53.1 Å². The molecule has 1 aliphatic rings. The molecule has 232 valence electrons. The summed E-state index contributed by atoms with van der Waals surface area (Å²) in [4.78, 5) is 59.6. The van der Waals surface area contributed by atoms with Gasteiger partial charge >= 0.3 is 11.8 Å². The second kappa shape index (κ2) is 12.1. The number of primary amides is 1. The van der Waals surface area contributed by atoms with Crippen molar-refractivity contribution in [1.82, 2.24) is 23.6 Å². The molecule has 3 heterocycles. The molecule has 2 aromatic heterocycles. The maximum atomic E-state index is 14.1. The summed E-state index contributed by atoms with van der Waals surface area (Å²) in [6.45, 7) is 7.95. The van der Waals surface area contributed by atoms with Crippen molar-refractivity contribution in [2.75, 3.05) is 13.1 Å². The number of amides is 2. The maximum absolute atomic E-state index is 14.1. The van der Waals surface area contributed by atoms with Crippen LogP contribution in [0.1, 0.15) is 46.6 Å². The summed E-state index contributed by atoms with van der Waals surface area (Å²) in [6.07, 6.45) is 0.797. The lowest BCUT2D eigenvalue weighted by atomic mass is 9.97. The highest BCUT2D eigenvalue weighted by Crippen LogP contribution is 2.32. The number of piperidine rings is 1. The van der Waals surface area contributed by atoms with Gasteiger partial charge in [0.25, 0.3) is 5.56 Å². The van der Waals surface area contributed by atoms with E-state index in [2.05, 4.69) is 0 Å². The summed E-state index contributed by atoms with van der Waals surface area (Å²) >= 11 is 12.8. The lowest BCUT2D eigenvalue weighted by molar-refractivity contribution is -0.120. The van der Waals surface area contributed by atoms with Crippen LogP contribution in [0.4, 0.5) is 4.79 Å². The highest BCUT2D eigenvalue weighted by atomic mass is 35.5. The molecular formula is C31H34Cl2N6O5. The molecule has 0 radical (unpaired) electrons. The molecule has 13 heteroatoms. The fourth-order valence-corrected chi connectivity index (χ4v) is 5.74. The van der Waals surface area contributed by atoms with Crippen LogP contribution in [0.5, 0.6) is 0 Å². The third-order valence-electron chi connectivity index (χ3n) is 7.68. The van der Waals surface area contributed by atoms with Crippen LogP contribution in [0.25, 0.3) is 28.2 Å². The van der Waals surface area contributed by atoms with E-state index in [4.69, 9.17) is 38.7 Å². The lowest BCUT2D eigenvalue weighted by Crippen LogP contribution is -2.47. The van der Waals surface area contributed by atoms with Crippen LogP contribution in [-0.4, -0.2) is 54.3 Å². The van der Waals surface area contributed by atoms with Gasteiger partial charge in [-0.25, -0.2) is 19.1 Å². The Morgan fingerprint density at radius 2 is 1.68 bits per heavy atom. The SMILES string of the molecule is CC(C(N)=O)n1c(=O)c2c(nc(-c3ccccc3Cl)n2-c2ccc(Cl)cc2)n(CC2CCN(C(=O)OC(C)(C)C)CC2)c1=O. The minimum atomic E-state index is -1.23. The van der Waals surface area contributed by atoms with Gasteiger partial charge in [0, 0.05) is 35.9 Å². The average molecular weight is 642 g/mol. The Balaban J connectivity index is 1.69. The third-order valence-corrected chi connectivity index (χ3v) is 8.26. The third kappa shape index (κ3) is 6.11. The monoisotopic (exact) mass is 640 g/mol. The minimum absolute atomic E-state index is 0.0335. The van der Waals surface area contributed by atoms with Gasteiger partial charge in [0.05, 0.1) is 5.02 Å². The van der Waals surface area contributed by atoms with E-state index in [9.17, 15) is 19.2 Å². The van der Waals surface area contributed by atoms with E-state index in [-0.39, 0.29) is 29.7 Å². The van der Waals surface area contributed by atoms with Gasteiger partial charge in [-0.3, -0.25) is 18.7 Å². The topological polar surface area (TPSA) is 134 Å². The molecule has 0 saturated carbocycles. The number of hydrogen-bond acceptors (Lipinski definition) is 6. The Morgan fingerprint density at radius 3 is 2.27 bits per heavy atom. The molecule has 44 heavy (non-hydrogen) atoms. The standard InChI is InChI=1S/C31H34Cl2N6O5/c1-18(25(34)40)38-28(41)24-27(37(29(38)42)17-19-13-15-36(16-14-19)30(43)44-31(2,3)4)35-26(22-7-5-6-8-23(22)33)39(24)21-11-9-20(32)10-12-21/h5-12,18-19H,13-17H2,1-4H3,(H2,34,40). The van der Waals surface area contributed by atoms with Gasteiger partial charge in [-0.05, 0) is 82.9 Å². The molecule has 1 saturated heterocycles. The fraction of sp³-hybridized carbons (Fsp3) is 0.387. The summed E-state index contributed by atoms with van der Waals surface area (Å²) in [5.41, 5.74) is 4.90. The van der Waals surface area contributed by atoms with E-state index < -0.39 is 28.8 Å². The lowest BCUT2D eigenvalue weighted by Gasteiger charge is -2.33. The average Bonchev–Trinajstić information content (AvgIpc) is 3.36. The zero-order chi connectivity index (χ0) is 31.9. The van der Waals surface area contributed by atoms with Crippen LogP contribution in [-0.2, 0) is 16.1 Å². The van der Waals surface area contributed by atoms with Crippen molar-refractivity contribution >= 4 is 46.4 Å². The van der Waals surface area contributed by atoms with E-state index in [0.717, 1.165) is 4.57 Å². The number of aromatic nitrogens is 4. The maximum Gasteiger partial charge on any atom is 0.410 e. The summed E-state index contributed by atoms with van der Waals surface area (Å²) in [7, 11) is 0. The molecular weight excluding hydrogens is 607 g/mol. The highest BCUT2D eigenvalue weighted by molar-refractivity contribution is 6.33. The van der Waals surface area contributed by atoms with E-state index in [1.807, 2.05) is 20.8 Å². The molecule has 11 nitrogen and oxygen atoms in total. The Morgan fingerprint density at radius 1 is 1.05 bits per heavy atom. The number of likely N-dealkylation sites (tertiary alicyclic amines) is 1. The Hall–Kier alpha value is -4.09. The van der Waals surface area contributed by atoms with E-state index >= 15 is 0 Å². The first kappa shape index (κ1) is 31.3. The van der Waals surface area contributed by atoms with Crippen molar-refractivity contribution in [2.45, 2.75) is 58.7 Å². The molecule has 2 aromatic carbocycles. The molecule has 2 N–H and O–H groups in total.